The Hall–Kier alpha value is -6.58. The lowest BCUT2D eigenvalue weighted by Gasteiger charge is -2.35. The van der Waals surface area contributed by atoms with Crippen LogP contribution in [0.25, 0.3) is 33.3 Å². The Labute approximate surface area is 329 Å². The molecule has 1 aromatic heterocycles. The van der Waals surface area contributed by atoms with Crippen LogP contribution in [-0.2, 0) is 5.41 Å². The molecule has 0 radical (unpaired) electrons. The first-order chi connectivity index (χ1) is 27.5. The van der Waals surface area contributed by atoms with Gasteiger partial charge in [-0.25, -0.2) is 0 Å². The van der Waals surface area contributed by atoms with Crippen LogP contribution in [0.2, 0.25) is 0 Å². The third-order valence-electron chi connectivity index (χ3n) is 12.6. The summed E-state index contributed by atoms with van der Waals surface area (Å²) >= 11 is 0. The number of rotatable bonds is 6. The van der Waals surface area contributed by atoms with Crippen LogP contribution in [0.5, 0.6) is 0 Å². The highest BCUT2D eigenvalue weighted by Crippen LogP contribution is 2.57. The highest BCUT2D eigenvalue weighted by molar-refractivity contribution is 6.04. The third-order valence-corrected chi connectivity index (χ3v) is 12.6. The summed E-state index contributed by atoms with van der Waals surface area (Å²) in [5.74, 6) is 0.323. The molecule has 3 heterocycles. The Kier molecular flexibility index (Phi) is 7.47. The summed E-state index contributed by atoms with van der Waals surface area (Å²) < 4.78 is 2.43. The summed E-state index contributed by atoms with van der Waals surface area (Å²) in [6.07, 6.45) is 18.2. The monoisotopic (exact) mass is 721 g/mol. The molecule has 2 unspecified atom stereocenters. The normalized spacial score (nSPS) is 18.6. The molecule has 2 atom stereocenters. The maximum atomic E-state index is 2.55. The van der Waals surface area contributed by atoms with Gasteiger partial charge in [0, 0.05) is 51.4 Å². The van der Waals surface area contributed by atoms with E-state index in [0.717, 1.165) is 12.8 Å². The second-order valence-electron chi connectivity index (χ2n) is 16.1. The summed E-state index contributed by atoms with van der Waals surface area (Å²) in [6, 6.07) is 53.8. The number of benzene rings is 6. The topological polar surface area (TPSA) is 11.4 Å². The Balaban J connectivity index is 1.00. The van der Waals surface area contributed by atoms with Crippen LogP contribution in [-0.4, -0.2) is 10.6 Å². The van der Waals surface area contributed by atoms with Gasteiger partial charge < -0.3 is 14.4 Å². The fourth-order valence-electron chi connectivity index (χ4n) is 9.82. The van der Waals surface area contributed by atoms with Crippen LogP contribution in [0.4, 0.5) is 22.7 Å². The number of nitrogens with zero attached hydrogens (tertiary/aromatic N) is 3. The molecule has 3 nitrogen and oxygen atoms in total. The summed E-state index contributed by atoms with van der Waals surface area (Å²) in [5, 5.41) is 1.33. The molecule has 4 aliphatic rings. The fourth-order valence-corrected chi connectivity index (χ4v) is 9.82. The van der Waals surface area contributed by atoms with E-state index in [4.69, 9.17) is 0 Å². The van der Waals surface area contributed by atoms with Crippen molar-refractivity contribution in [2.45, 2.75) is 44.1 Å². The van der Waals surface area contributed by atoms with Gasteiger partial charge >= 0.3 is 0 Å². The highest BCUT2D eigenvalue weighted by Gasteiger charge is 2.41. The molecule has 0 saturated heterocycles. The number of hydrogen-bond acceptors (Lipinski definition) is 2. The Bertz CT molecular complexity index is 2760. The molecule has 2 aliphatic carbocycles. The number of fused-ring (bicyclic) bond motifs is 6. The van der Waals surface area contributed by atoms with E-state index in [1.165, 1.54) is 84.0 Å². The third kappa shape index (κ3) is 5.04. The number of allylic oxidation sites excluding steroid dienone is 6. The minimum atomic E-state index is -0.102. The van der Waals surface area contributed by atoms with E-state index < -0.39 is 0 Å². The van der Waals surface area contributed by atoms with E-state index in [9.17, 15) is 0 Å². The van der Waals surface area contributed by atoms with Gasteiger partial charge in [0.05, 0.1) is 17.2 Å². The zero-order valence-corrected chi connectivity index (χ0v) is 31.8. The minimum absolute atomic E-state index is 0.102. The van der Waals surface area contributed by atoms with Gasteiger partial charge in [-0.3, -0.25) is 0 Å². The molecule has 2 aliphatic heterocycles. The molecule has 0 bridgehead atoms. The van der Waals surface area contributed by atoms with Gasteiger partial charge in [0.1, 0.15) is 0 Å². The average molecular weight is 722 g/mol. The number of aromatic nitrogens is 1. The van der Waals surface area contributed by atoms with Crippen molar-refractivity contribution >= 4 is 39.2 Å². The smallest absolute Gasteiger partial charge is 0.0591 e. The molecule has 7 aromatic rings. The predicted octanol–water partition coefficient (Wildman–Crippen LogP) is 13.6. The van der Waals surface area contributed by atoms with Gasteiger partial charge in [-0.15, -0.1) is 0 Å². The van der Waals surface area contributed by atoms with Crippen molar-refractivity contribution in [3.05, 3.63) is 216 Å². The van der Waals surface area contributed by atoms with Gasteiger partial charge in [-0.2, -0.15) is 0 Å². The maximum Gasteiger partial charge on any atom is 0.0591 e. The molecule has 0 N–H and O–H groups in total. The quantitative estimate of drug-likeness (QED) is 0.169. The highest BCUT2D eigenvalue weighted by atomic mass is 15.2. The summed E-state index contributed by atoms with van der Waals surface area (Å²) in [7, 11) is 0. The molecule has 56 heavy (non-hydrogen) atoms. The zero-order chi connectivity index (χ0) is 37.4. The van der Waals surface area contributed by atoms with Crippen LogP contribution in [0.1, 0.15) is 54.9 Å². The molecule has 3 heteroatoms. The molecule has 0 fully saturated rings. The Morgan fingerprint density at radius 3 is 2.07 bits per heavy atom. The van der Waals surface area contributed by atoms with Gasteiger partial charge in [-0.05, 0) is 106 Å². The predicted molar refractivity (Wildman–Crippen MR) is 235 cm³/mol. The molecular formula is C53H43N3. The van der Waals surface area contributed by atoms with Crippen molar-refractivity contribution in [2.75, 3.05) is 9.80 Å². The van der Waals surface area contributed by atoms with E-state index in [2.05, 4.69) is 216 Å². The molecule has 11 rings (SSSR count). The first-order valence-corrected chi connectivity index (χ1v) is 20.0. The zero-order valence-electron chi connectivity index (χ0n) is 31.8. The summed E-state index contributed by atoms with van der Waals surface area (Å²) in [6.45, 7) is 4.79. The van der Waals surface area contributed by atoms with Gasteiger partial charge in [0.15, 0.2) is 0 Å². The molecular weight excluding hydrogens is 679 g/mol. The lowest BCUT2D eigenvalue weighted by molar-refractivity contribution is 0.627. The van der Waals surface area contributed by atoms with Crippen molar-refractivity contribution in [1.29, 1.82) is 0 Å². The van der Waals surface area contributed by atoms with Crippen molar-refractivity contribution in [1.82, 2.24) is 4.57 Å². The van der Waals surface area contributed by atoms with Crippen LogP contribution < -0.4 is 9.80 Å². The van der Waals surface area contributed by atoms with E-state index in [-0.39, 0.29) is 11.5 Å². The molecule has 0 spiro atoms. The maximum absolute atomic E-state index is 2.55. The second-order valence-corrected chi connectivity index (χ2v) is 16.1. The van der Waals surface area contributed by atoms with Crippen LogP contribution in [0, 0.1) is 0 Å². The van der Waals surface area contributed by atoms with E-state index in [0.29, 0.717) is 5.92 Å². The van der Waals surface area contributed by atoms with E-state index in [1.54, 1.807) is 0 Å². The molecule has 0 amide bonds. The number of hydrogen-bond donors (Lipinski definition) is 0. The van der Waals surface area contributed by atoms with Gasteiger partial charge in [0.25, 0.3) is 0 Å². The van der Waals surface area contributed by atoms with Gasteiger partial charge in [0.2, 0.25) is 0 Å². The minimum Gasteiger partial charge on any atom is -0.334 e. The first kappa shape index (κ1) is 32.8. The van der Waals surface area contributed by atoms with Crippen LogP contribution in [0.15, 0.2) is 194 Å². The van der Waals surface area contributed by atoms with Crippen molar-refractivity contribution < 1.29 is 0 Å². The van der Waals surface area contributed by atoms with Crippen molar-refractivity contribution in [3.63, 3.8) is 0 Å². The number of para-hydroxylation sites is 1. The lowest BCUT2D eigenvalue weighted by atomic mass is 9.73. The SMILES string of the molecule is CC1(C)c2ccccc2-n2ccc3c4c(cc1c32)C1CC=CC=C1N4c1ccc(N(c2ccc(-c3ccccc3)cc2)C2C=CC(c3ccccc3)=CC2)cc1. The summed E-state index contributed by atoms with van der Waals surface area (Å²) in [4.78, 5) is 5.06. The van der Waals surface area contributed by atoms with Crippen molar-refractivity contribution in [3.8, 4) is 16.8 Å². The molecule has 0 saturated carbocycles. The number of anilines is 4. The lowest BCUT2D eigenvalue weighted by Crippen LogP contribution is -2.30. The largest absolute Gasteiger partial charge is 0.334 e. The van der Waals surface area contributed by atoms with Crippen LogP contribution >= 0.6 is 0 Å². The second kappa shape index (κ2) is 12.7. The van der Waals surface area contributed by atoms with Crippen molar-refractivity contribution in [2.24, 2.45) is 0 Å². The first-order valence-electron chi connectivity index (χ1n) is 20.0. The average Bonchev–Trinajstić information content (AvgIpc) is 3.85. The molecule has 270 valence electrons. The fraction of sp³-hybridized carbons (Fsp3) is 0.132. The standard InChI is InChI=1S/C53H43N3/c1-53(2)47-18-10-12-20-50(47)54-34-33-45-51-46(35-48(53)52(45)54)44-17-9-11-19-49(44)56(51)43-31-29-42(30-32-43)55(40-25-21-38(22-26-40)36-13-5-3-6-14-36)41-27-23-39(24-28-41)37-15-7-4-8-16-37/h3-16,18-27,29-35,41,44H,17,28H2,1-2H3. The van der Waals surface area contributed by atoms with E-state index in [1.807, 2.05) is 0 Å². The van der Waals surface area contributed by atoms with Gasteiger partial charge in [-0.1, -0.05) is 141 Å². The van der Waals surface area contributed by atoms with Crippen LogP contribution in [0.3, 0.4) is 0 Å². The van der Waals surface area contributed by atoms with E-state index >= 15 is 0 Å². The Morgan fingerprint density at radius 1 is 0.661 bits per heavy atom. The molecule has 6 aromatic carbocycles. The Morgan fingerprint density at radius 2 is 1.34 bits per heavy atom. The summed E-state index contributed by atoms with van der Waals surface area (Å²) in [5.41, 5.74) is 18.0.